The van der Waals surface area contributed by atoms with Gasteiger partial charge in [0, 0.05) is 19.1 Å². The average Bonchev–Trinajstić information content (AvgIpc) is 2.45. The minimum atomic E-state index is -1.17. The molecule has 0 fully saturated rings. The number of aliphatic hydroxyl groups excluding tert-OH is 1. The Morgan fingerprint density at radius 1 is 1.30 bits per heavy atom. The van der Waals surface area contributed by atoms with Crippen molar-refractivity contribution in [2.45, 2.75) is 25.4 Å². The van der Waals surface area contributed by atoms with Crippen LogP contribution in [-0.2, 0) is 9.59 Å². The summed E-state index contributed by atoms with van der Waals surface area (Å²) in [5, 5.41) is 20.1. The maximum absolute atomic E-state index is 12.0. The topological polar surface area (TPSA) is 113 Å². The van der Waals surface area contributed by atoms with Crippen LogP contribution < -0.4 is 11.1 Å². The fourth-order valence-corrected chi connectivity index (χ4v) is 1.82. The van der Waals surface area contributed by atoms with E-state index in [9.17, 15) is 9.59 Å². The third-order valence-corrected chi connectivity index (χ3v) is 3.17. The van der Waals surface area contributed by atoms with E-state index in [0.717, 1.165) is 5.56 Å². The molecule has 1 aromatic rings. The monoisotopic (exact) mass is 280 g/mol. The summed E-state index contributed by atoms with van der Waals surface area (Å²) >= 11 is 0. The van der Waals surface area contributed by atoms with Crippen molar-refractivity contribution < 1.29 is 19.8 Å². The second kappa shape index (κ2) is 7.62. The number of hydrogen-bond donors (Lipinski definition) is 4. The molecule has 0 bridgehead atoms. The van der Waals surface area contributed by atoms with E-state index in [1.807, 2.05) is 30.3 Å². The molecule has 5 N–H and O–H groups in total. The average molecular weight is 280 g/mol. The molecule has 0 radical (unpaired) electrons. The Kier molecular flexibility index (Phi) is 6.14. The maximum atomic E-state index is 12.0. The fourth-order valence-electron chi connectivity index (χ4n) is 1.82. The molecule has 0 heterocycles. The maximum Gasteiger partial charge on any atom is 0.326 e. The van der Waals surface area contributed by atoms with Gasteiger partial charge in [-0.3, -0.25) is 4.79 Å². The number of carbonyl (C=O) groups excluding carboxylic acids is 1. The van der Waals surface area contributed by atoms with Gasteiger partial charge in [-0.15, -0.1) is 0 Å². The van der Waals surface area contributed by atoms with E-state index in [1.165, 1.54) is 0 Å². The highest BCUT2D eigenvalue weighted by Gasteiger charge is 2.26. The molecular weight excluding hydrogens is 260 g/mol. The van der Waals surface area contributed by atoms with Gasteiger partial charge in [-0.05, 0) is 5.56 Å². The van der Waals surface area contributed by atoms with Gasteiger partial charge in [0.05, 0.1) is 5.92 Å². The fraction of sp³-hybridized carbons (Fsp3) is 0.429. The zero-order chi connectivity index (χ0) is 15.1. The molecule has 0 aliphatic carbocycles. The van der Waals surface area contributed by atoms with Gasteiger partial charge in [0.15, 0.2) is 0 Å². The van der Waals surface area contributed by atoms with Crippen molar-refractivity contribution in [2.75, 3.05) is 6.61 Å². The Labute approximate surface area is 117 Å². The van der Waals surface area contributed by atoms with Crippen LogP contribution in [0.2, 0.25) is 0 Å². The van der Waals surface area contributed by atoms with Crippen LogP contribution in [0.1, 0.15) is 24.9 Å². The first kappa shape index (κ1) is 16.1. The highest BCUT2D eigenvalue weighted by atomic mass is 16.4. The largest absolute Gasteiger partial charge is 0.480 e. The Morgan fingerprint density at radius 2 is 1.90 bits per heavy atom. The van der Waals surface area contributed by atoms with E-state index in [1.54, 1.807) is 6.92 Å². The summed E-state index contributed by atoms with van der Waals surface area (Å²) < 4.78 is 0. The summed E-state index contributed by atoms with van der Waals surface area (Å²) in [5.41, 5.74) is 6.82. The highest BCUT2D eigenvalue weighted by molar-refractivity contribution is 5.85. The molecule has 6 nitrogen and oxygen atoms in total. The lowest BCUT2D eigenvalue weighted by molar-refractivity contribution is -0.143. The molecule has 1 aromatic carbocycles. The summed E-state index contributed by atoms with van der Waals surface area (Å²) in [6.45, 7) is 1.33. The molecule has 110 valence electrons. The van der Waals surface area contributed by atoms with Crippen LogP contribution in [0, 0.1) is 5.92 Å². The van der Waals surface area contributed by atoms with Gasteiger partial charge in [-0.1, -0.05) is 37.3 Å². The highest BCUT2D eigenvalue weighted by Crippen LogP contribution is 2.19. The smallest absolute Gasteiger partial charge is 0.326 e. The molecule has 0 aliphatic heterocycles. The Bertz CT molecular complexity index is 450. The summed E-state index contributed by atoms with van der Waals surface area (Å²) in [4.78, 5) is 22.9. The quantitative estimate of drug-likeness (QED) is 0.573. The van der Waals surface area contributed by atoms with Crippen LogP contribution in [0.15, 0.2) is 30.3 Å². The van der Waals surface area contributed by atoms with Crippen LogP contribution in [0.3, 0.4) is 0 Å². The lowest BCUT2D eigenvalue weighted by Gasteiger charge is -2.22. The number of rotatable bonds is 7. The number of nitrogens with two attached hydrogens (primary N) is 1. The summed E-state index contributed by atoms with van der Waals surface area (Å²) in [6.07, 6.45) is -0.0334. The molecular formula is C14H20N2O4. The number of carboxylic acids is 1. The van der Waals surface area contributed by atoms with Gasteiger partial charge >= 0.3 is 5.97 Å². The number of carbonyl (C=O) groups is 2. The number of aliphatic carboxylic acids is 1. The van der Waals surface area contributed by atoms with E-state index in [2.05, 4.69) is 5.32 Å². The molecule has 1 amide bonds. The molecule has 1 rings (SSSR count). The van der Waals surface area contributed by atoms with Crippen molar-refractivity contribution >= 4 is 11.9 Å². The first-order valence-electron chi connectivity index (χ1n) is 6.42. The molecule has 0 saturated carbocycles. The second-order valence-electron chi connectivity index (χ2n) is 4.64. The number of amides is 1. The van der Waals surface area contributed by atoms with Gasteiger partial charge in [-0.25, -0.2) is 4.79 Å². The van der Waals surface area contributed by atoms with Gasteiger partial charge < -0.3 is 21.3 Å². The van der Waals surface area contributed by atoms with E-state index in [4.69, 9.17) is 15.9 Å². The number of benzene rings is 1. The number of nitrogens with one attached hydrogen (secondary N) is 1. The molecule has 20 heavy (non-hydrogen) atoms. The Hall–Kier alpha value is -1.92. The summed E-state index contributed by atoms with van der Waals surface area (Å²) in [6, 6.07) is 7.52. The molecule has 3 atom stereocenters. The van der Waals surface area contributed by atoms with Gasteiger partial charge in [-0.2, -0.15) is 0 Å². The van der Waals surface area contributed by atoms with Crippen LogP contribution in [-0.4, -0.2) is 34.7 Å². The third kappa shape index (κ3) is 4.32. The zero-order valence-corrected chi connectivity index (χ0v) is 11.3. The molecule has 6 heteroatoms. The third-order valence-electron chi connectivity index (χ3n) is 3.17. The van der Waals surface area contributed by atoms with Crippen LogP contribution in [0.5, 0.6) is 0 Å². The van der Waals surface area contributed by atoms with Gasteiger partial charge in [0.25, 0.3) is 0 Å². The van der Waals surface area contributed by atoms with Crippen molar-refractivity contribution in [3.8, 4) is 0 Å². The van der Waals surface area contributed by atoms with Crippen molar-refractivity contribution in [1.82, 2.24) is 5.32 Å². The molecule has 0 aliphatic rings. The Balaban J connectivity index is 2.69. The van der Waals surface area contributed by atoms with Gasteiger partial charge in [0.2, 0.25) is 5.91 Å². The van der Waals surface area contributed by atoms with Crippen molar-refractivity contribution in [3.05, 3.63) is 35.9 Å². The number of hydrogen-bond acceptors (Lipinski definition) is 4. The zero-order valence-electron chi connectivity index (χ0n) is 11.3. The lowest BCUT2D eigenvalue weighted by atomic mass is 9.94. The first-order chi connectivity index (χ1) is 9.47. The van der Waals surface area contributed by atoms with Crippen molar-refractivity contribution in [1.29, 1.82) is 0 Å². The SMILES string of the molecule is CC(C(=O)NC(CCO)C(=O)O)C(N)c1ccccc1. The predicted octanol–water partition coefficient (Wildman–Crippen LogP) is 0.274. The summed E-state index contributed by atoms with van der Waals surface area (Å²) in [7, 11) is 0. The number of carboxylic acid groups (broad SMARTS) is 1. The lowest BCUT2D eigenvalue weighted by Crippen LogP contribution is -2.45. The summed E-state index contributed by atoms with van der Waals surface area (Å²) in [5.74, 6) is -2.19. The predicted molar refractivity (Wildman–Crippen MR) is 73.8 cm³/mol. The van der Waals surface area contributed by atoms with E-state index < -0.39 is 29.9 Å². The van der Waals surface area contributed by atoms with Crippen molar-refractivity contribution in [2.24, 2.45) is 11.7 Å². The molecule has 0 aromatic heterocycles. The van der Waals surface area contributed by atoms with E-state index in [-0.39, 0.29) is 13.0 Å². The van der Waals surface area contributed by atoms with E-state index >= 15 is 0 Å². The molecule has 0 saturated heterocycles. The van der Waals surface area contributed by atoms with Gasteiger partial charge in [0.1, 0.15) is 6.04 Å². The Morgan fingerprint density at radius 3 is 2.40 bits per heavy atom. The number of aliphatic hydroxyl groups is 1. The van der Waals surface area contributed by atoms with Crippen LogP contribution in [0.25, 0.3) is 0 Å². The van der Waals surface area contributed by atoms with Crippen LogP contribution in [0.4, 0.5) is 0 Å². The normalized spacial score (nSPS) is 15.2. The first-order valence-corrected chi connectivity index (χ1v) is 6.42. The molecule has 3 unspecified atom stereocenters. The standard InChI is InChI=1S/C14H20N2O4/c1-9(12(15)10-5-3-2-4-6-10)13(18)16-11(7-8-17)14(19)20/h2-6,9,11-12,17H,7-8,15H2,1H3,(H,16,18)(H,19,20). The van der Waals surface area contributed by atoms with Crippen LogP contribution >= 0.6 is 0 Å². The van der Waals surface area contributed by atoms with Crippen molar-refractivity contribution in [3.63, 3.8) is 0 Å². The minimum absolute atomic E-state index is 0.0334. The van der Waals surface area contributed by atoms with E-state index in [0.29, 0.717) is 0 Å². The minimum Gasteiger partial charge on any atom is -0.480 e. The second-order valence-corrected chi connectivity index (χ2v) is 4.64. The molecule has 0 spiro atoms.